The third-order valence-corrected chi connectivity index (χ3v) is 5.66. The molecule has 0 aromatic heterocycles. The van der Waals surface area contributed by atoms with E-state index in [2.05, 4.69) is 6.92 Å². The SMILES string of the molecule is CCCCN1C(=O)C(=O)/C(=C(/O)c2cc(OC)ccc2OC)C1c1ccc(CC)cc1. The third kappa shape index (κ3) is 4.29. The van der Waals surface area contributed by atoms with Crippen LogP contribution in [-0.2, 0) is 16.0 Å². The maximum absolute atomic E-state index is 13.1. The lowest BCUT2D eigenvalue weighted by molar-refractivity contribution is -0.139. The Balaban J connectivity index is 2.21. The van der Waals surface area contributed by atoms with Gasteiger partial charge in [0.2, 0.25) is 0 Å². The van der Waals surface area contributed by atoms with E-state index in [1.54, 1.807) is 23.1 Å². The second-order valence-corrected chi connectivity index (χ2v) is 7.51. The van der Waals surface area contributed by atoms with Crippen molar-refractivity contribution in [2.45, 2.75) is 39.2 Å². The molecule has 1 saturated heterocycles. The molecule has 1 fully saturated rings. The second kappa shape index (κ2) is 9.69. The van der Waals surface area contributed by atoms with Crippen molar-refractivity contribution in [2.24, 2.45) is 0 Å². The molecule has 164 valence electrons. The number of unbranched alkanes of at least 4 members (excludes halogenated alkanes) is 1. The van der Waals surface area contributed by atoms with Gasteiger partial charge >= 0.3 is 0 Å². The Morgan fingerprint density at radius 1 is 1.03 bits per heavy atom. The number of methoxy groups -OCH3 is 2. The van der Waals surface area contributed by atoms with Crippen LogP contribution in [0.5, 0.6) is 11.5 Å². The maximum Gasteiger partial charge on any atom is 0.295 e. The van der Waals surface area contributed by atoms with Gasteiger partial charge in [0.15, 0.2) is 0 Å². The van der Waals surface area contributed by atoms with Crippen LogP contribution >= 0.6 is 0 Å². The summed E-state index contributed by atoms with van der Waals surface area (Å²) in [7, 11) is 3.00. The van der Waals surface area contributed by atoms with E-state index in [0.29, 0.717) is 23.6 Å². The zero-order valence-electron chi connectivity index (χ0n) is 18.5. The zero-order valence-corrected chi connectivity index (χ0v) is 18.5. The number of carbonyl (C=O) groups is 2. The van der Waals surface area contributed by atoms with Crippen LogP contribution in [0.15, 0.2) is 48.0 Å². The van der Waals surface area contributed by atoms with Crippen LogP contribution in [-0.4, -0.2) is 42.5 Å². The van der Waals surface area contributed by atoms with Gasteiger partial charge in [0, 0.05) is 6.54 Å². The fourth-order valence-corrected chi connectivity index (χ4v) is 3.87. The Bertz CT molecular complexity index is 993. The number of rotatable bonds is 8. The van der Waals surface area contributed by atoms with E-state index < -0.39 is 17.7 Å². The van der Waals surface area contributed by atoms with Crippen molar-refractivity contribution in [1.82, 2.24) is 4.90 Å². The molecule has 1 aliphatic heterocycles. The largest absolute Gasteiger partial charge is 0.507 e. The smallest absolute Gasteiger partial charge is 0.295 e. The summed E-state index contributed by atoms with van der Waals surface area (Å²) in [4.78, 5) is 27.6. The fraction of sp³-hybridized carbons (Fsp3) is 0.360. The Hall–Kier alpha value is -3.28. The number of ketones is 1. The molecular weight excluding hydrogens is 394 g/mol. The first-order valence-electron chi connectivity index (χ1n) is 10.6. The van der Waals surface area contributed by atoms with Crippen LogP contribution in [0.1, 0.15) is 49.4 Å². The molecule has 3 rings (SSSR count). The number of hydrogen-bond donors (Lipinski definition) is 1. The van der Waals surface area contributed by atoms with Crippen molar-refractivity contribution in [1.29, 1.82) is 0 Å². The first kappa shape index (κ1) is 22.4. The van der Waals surface area contributed by atoms with Crippen LogP contribution < -0.4 is 9.47 Å². The highest BCUT2D eigenvalue weighted by Crippen LogP contribution is 2.41. The van der Waals surface area contributed by atoms with E-state index in [-0.39, 0.29) is 11.3 Å². The monoisotopic (exact) mass is 423 g/mol. The van der Waals surface area contributed by atoms with E-state index in [9.17, 15) is 14.7 Å². The fourth-order valence-electron chi connectivity index (χ4n) is 3.87. The Kier molecular flexibility index (Phi) is 7.00. The zero-order chi connectivity index (χ0) is 22.5. The second-order valence-electron chi connectivity index (χ2n) is 7.51. The number of aliphatic hydroxyl groups excluding tert-OH is 1. The molecule has 6 heteroatoms. The average molecular weight is 424 g/mol. The number of Topliss-reactive ketones (excluding diaryl/α,β-unsaturated/α-hetero) is 1. The van der Waals surface area contributed by atoms with Crippen molar-refractivity contribution >= 4 is 17.4 Å². The predicted molar refractivity (Wildman–Crippen MR) is 119 cm³/mol. The van der Waals surface area contributed by atoms with E-state index >= 15 is 0 Å². The van der Waals surface area contributed by atoms with Gasteiger partial charge in [-0.2, -0.15) is 0 Å². The van der Waals surface area contributed by atoms with Crippen LogP contribution in [0, 0.1) is 0 Å². The molecule has 1 amide bonds. The van der Waals surface area contributed by atoms with E-state index in [4.69, 9.17) is 9.47 Å². The van der Waals surface area contributed by atoms with E-state index in [0.717, 1.165) is 30.4 Å². The summed E-state index contributed by atoms with van der Waals surface area (Å²) in [5, 5.41) is 11.3. The normalized spacial score (nSPS) is 17.8. The number of hydrogen-bond acceptors (Lipinski definition) is 5. The molecule has 2 aromatic carbocycles. The molecule has 0 bridgehead atoms. The average Bonchev–Trinajstić information content (AvgIpc) is 3.06. The van der Waals surface area contributed by atoms with Crippen molar-refractivity contribution in [2.75, 3.05) is 20.8 Å². The van der Waals surface area contributed by atoms with Crippen molar-refractivity contribution in [3.05, 3.63) is 64.7 Å². The quantitative estimate of drug-likeness (QED) is 0.385. The van der Waals surface area contributed by atoms with Gasteiger partial charge < -0.3 is 19.5 Å². The number of amides is 1. The van der Waals surface area contributed by atoms with Crippen LogP contribution in [0.2, 0.25) is 0 Å². The summed E-state index contributed by atoms with van der Waals surface area (Å²) in [5.41, 5.74) is 2.32. The summed E-state index contributed by atoms with van der Waals surface area (Å²) in [6.45, 7) is 4.54. The minimum atomic E-state index is -0.692. The molecule has 1 N–H and O–H groups in total. The molecule has 2 aromatic rings. The minimum absolute atomic E-state index is 0.0666. The molecule has 31 heavy (non-hydrogen) atoms. The Morgan fingerprint density at radius 3 is 2.32 bits per heavy atom. The number of ether oxygens (including phenoxy) is 2. The minimum Gasteiger partial charge on any atom is -0.507 e. The maximum atomic E-state index is 13.1. The van der Waals surface area contributed by atoms with Gasteiger partial charge in [-0.25, -0.2) is 0 Å². The highest BCUT2D eigenvalue weighted by Gasteiger charge is 2.46. The van der Waals surface area contributed by atoms with Crippen LogP contribution in [0.3, 0.4) is 0 Å². The summed E-state index contributed by atoms with van der Waals surface area (Å²) >= 11 is 0. The van der Waals surface area contributed by atoms with Gasteiger partial charge in [-0.1, -0.05) is 44.5 Å². The highest BCUT2D eigenvalue weighted by molar-refractivity contribution is 6.46. The molecule has 1 heterocycles. The van der Waals surface area contributed by atoms with E-state index in [1.165, 1.54) is 14.2 Å². The van der Waals surface area contributed by atoms with Crippen molar-refractivity contribution < 1.29 is 24.2 Å². The number of benzene rings is 2. The van der Waals surface area contributed by atoms with Gasteiger partial charge in [-0.3, -0.25) is 9.59 Å². The summed E-state index contributed by atoms with van der Waals surface area (Å²) < 4.78 is 10.7. The Morgan fingerprint density at radius 2 is 1.74 bits per heavy atom. The lowest BCUT2D eigenvalue weighted by Gasteiger charge is -2.25. The molecule has 0 aliphatic carbocycles. The first-order chi connectivity index (χ1) is 15.0. The van der Waals surface area contributed by atoms with Crippen molar-refractivity contribution in [3.63, 3.8) is 0 Å². The van der Waals surface area contributed by atoms with Crippen molar-refractivity contribution in [3.8, 4) is 11.5 Å². The number of carbonyl (C=O) groups excluding carboxylic acids is 2. The van der Waals surface area contributed by atoms with Gasteiger partial charge in [0.1, 0.15) is 17.3 Å². The molecule has 1 aliphatic rings. The molecule has 0 spiro atoms. The number of aliphatic hydroxyl groups is 1. The number of nitrogens with zero attached hydrogens (tertiary/aromatic N) is 1. The lowest BCUT2D eigenvalue weighted by atomic mass is 9.94. The standard InChI is InChI=1S/C25H29NO5/c1-5-7-14-26-22(17-10-8-16(6-2)9-11-17)21(24(28)25(26)29)23(27)19-15-18(30-3)12-13-20(19)31-4/h8-13,15,22,27H,5-7,14H2,1-4H3/b23-21+. The van der Waals surface area contributed by atoms with E-state index in [1.807, 2.05) is 31.2 Å². The van der Waals surface area contributed by atoms with Gasteiger partial charge in [0.05, 0.1) is 31.4 Å². The molecule has 1 atom stereocenters. The first-order valence-corrected chi connectivity index (χ1v) is 10.6. The van der Waals surface area contributed by atoms with Gasteiger partial charge in [-0.15, -0.1) is 0 Å². The third-order valence-electron chi connectivity index (χ3n) is 5.66. The molecule has 1 unspecified atom stereocenters. The highest BCUT2D eigenvalue weighted by atomic mass is 16.5. The van der Waals surface area contributed by atoms with Gasteiger partial charge in [0.25, 0.3) is 11.7 Å². The van der Waals surface area contributed by atoms with Crippen LogP contribution in [0.25, 0.3) is 5.76 Å². The lowest BCUT2D eigenvalue weighted by Crippen LogP contribution is -2.30. The number of aryl methyl sites for hydroxylation is 1. The predicted octanol–water partition coefficient (Wildman–Crippen LogP) is 4.49. The molecule has 0 saturated carbocycles. The Labute approximate surface area is 183 Å². The number of likely N-dealkylation sites (tertiary alicyclic amines) is 1. The molecule has 6 nitrogen and oxygen atoms in total. The van der Waals surface area contributed by atoms with Gasteiger partial charge in [-0.05, 0) is 42.2 Å². The summed E-state index contributed by atoms with van der Waals surface area (Å²) in [6.07, 6.45) is 2.53. The summed E-state index contributed by atoms with van der Waals surface area (Å²) in [5.74, 6) is -0.660. The van der Waals surface area contributed by atoms with Crippen LogP contribution in [0.4, 0.5) is 0 Å². The molecular formula is C25H29NO5. The summed E-state index contributed by atoms with van der Waals surface area (Å²) in [6, 6.07) is 12.1. The topological polar surface area (TPSA) is 76.1 Å². The molecule has 0 radical (unpaired) electrons.